The Labute approximate surface area is 134 Å². The Morgan fingerprint density at radius 2 is 1.95 bits per heavy atom. The van der Waals surface area contributed by atoms with Gasteiger partial charge in [-0.05, 0) is 26.3 Å². The molecule has 1 aliphatic heterocycles. The van der Waals surface area contributed by atoms with Gasteiger partial charge in [0, 0.05) is 39.3 Å². The summed E-state index contributed by atoms with van der Waals surface area (Å²) in [7, 11) is 2.19. The lowest BCUT2D eigenvalue weighted by Crippen LogP contribution is -2.45. The summed E-state index contributed by atoms with van der Waals surface area (Å²) in [4.78, 5) is 4.90. The molecule has 126 valence electrons. The molecule has 1 fully saturated rings. The second-order valence-electron chi connectivity index (χ2n) is 7.16. The SMILES string of the molecule is CCn1nnc(C)c1CN(C)CC(C)(C)CN1CCOCC1. The molecule has 0 amide bonds. The Kier molecular flexibility index (Phi) is 5.94. The minimum Gasteiger partial charge on any atom is -0.379 e. The quantitative estimate of drug-likeness (QED) is 0.762. The molecule has 1 saturated heterocycles. The molecule has 0 radical (unpaired) electrons. The van der Waals surface area contributed by atoms with Crippen molar-refractivity contribution in [1.29, 1.82) is 0 Å². The van der Waals surface area contributed by atoms with Gasteiger partial charge in [-0.1, -0.05) is 19.1 Å². The second kappa shape index (κ2) is 7.53. The van der Waals surface area contributed by atoms with Gasteiger partial charge in [0.1, 0.15) is 0 Å². The van der Waals surface area contributed by atoms with E-state index in [2.05, 4.69) is 47.9 Å². The maximum Gasteiger partial charge on any atom is 0.0841 e. The van der Waals surface area contributed by atoms with Crippen LogP contribution in [0.2, 0.25) is 0 Å². The lowest BCUT2D eigenvalue weighted by atomic mass is 9.91. The lowest BCUT2D eigenvalue weighted by molar-refractivity contribution is 0.0160. The van der Waals surface area contributed by atoms with Crippen LogP contribution in [0.1, 0.15) is 32.2 Å². The Balaban J connectivity index is 1.89. The minimum absolute atomic E-state index is 0.254. The molecule has 2 rings (SSSR count). The van der Waals surface area contributed by atoms with E-state index in [1.165, 1.54) is 5.69 Å². The van der Waals surface area contributed by atoms with Crippen LogP contribution >= 0.6 is 0 Å². The van der Waals surface area contributed by atoms with Crippen LogP contribution in [0.15, 0.2) is 0 Å². The van der Waals surface area contributed by atoms with Crippen LogP contribution in [0, 0.1) is 12.3 Å². The van der Waals surface area contributed by atoms with E-state index in [1.54, 1.807) is 0 Å². The van der Waals surface area contributed by atoms with E-state index in [0.717, 1.165) is 58.2 Å². The molecular weight excluding hydrogens is 278 g/mol. The topological polar surface area (TPSA) is 46.4 Å². The maximum atomic E-state index is 5.44. The molecule has 2 heterocycles. The zero-order chi connectivity index (χ0) is 16.2. The number of hydrogen-bond acceptors (Lipinski definition) is 5. The van der Waals surface area contributed by atoms with Gasteiger partial charge >= 0.3 is 0 Å². The van der Waals surface area contributed by atoms with Crippen molar-refractivity contribution < 1.29 is 4.74 Å². The molecule has 1 aromatic heterocycles. The smallest absolute Gasteiger partial charge is 0.0841 e. The fourth-order valence-electron chi connectivity index (χ4n) is 3.33. The predicted octanol–water partition coefficient (Wildman–Crippen LogP) is 1.40. The van der Waals surface area contributed by atoms with Gasteiger partial charge in [0.2, 0.25) is 0 Å². The van der Waals surface area contributed by atoms with E-state index in [0.29, 0.717) is 0 Å². The molecular formula is C16H31N5O. The summed E-state index contributed by atoms with van der Waals surface area (Å²) >= 11 is 0. The molecule has 0 bridgehead atoms. The highest BCUT2D eigenvalue weighted by Crippen LogP contribution is 2.20. The van der Waals surface area contributed by atoms with Crippen molar-refractivity contribution in [1.82, 2.24) is 24.8 Å². The van der Waals surface area contributed by atoms with Crippen LogP contribution in [0.4, 0.5) is 0 Å². The molecule has 0 unspecified atom stereocenters. The summed E-state index contributed by atoms with van der Waals surface area (Å²) in [5, 5.41) is 8.39. The number of rotatable bonds is 7. The van der Waals surface area contributed by atoms with Gasteiger partial charge in [-0.2, -0.15) is 0 Å². The summed E-state index contributed by atoms with van der Waals surface area (Å²) in [6.07, 6.45) is 0. The molecule has 0 N–H and O–H groups in total. The first kappa shape index (κ1) is 17.4. The van der Waals surface area contributed by atoms with Gasteiger partial charge in [0.15, 0.2) is 0 Å². The summed E-state index contributed by atoms with van der Waals surface area (Å²) in [6, 6.07) is 0. The normalized spacial score (nSPS) is 17.4. The van der Waals surface area contributed by atoms with Gasteiger partial charge in [0.05, 0.1) is 24.6 Å². The van der Waals surface area contributed by atoms with Crippen LogP contribution < -0.4 is 0 Å². The summed E-state index contributed by atoms with van der Waals surface area (Å²) in [5.41, 5.74) is 2.52. The van der Waals surface area contributed by atoms with E-state index in [1.807, 2.05) is 11.6 Å². The van der Waals surface area contributed by atoms with E-state index >= 15 is 0 Å². The first-order chi connectivity index (χ1) is 10.4. The molecule has 0 aliphatic carbocycles. The monoisotopic (exact) mass is 309 g/mol. The molecule has 1 aliphatic rings. The molecule has 0 atom stereocenters. The standard InChI is InChI=1S/C16H31N5O/c1-6-21-15(14(2)17-18-21)11-19(5)12-16(3,4)13-20-7-9-22-10-8-20/h6-13H2,1-5H3. The third-order valence-electron chi connectivity index (χ3n) is 4.20. The number of hydrogen-bond donors (Lipinski definition) is 0. The van der Waals surface area contributed by atoms with Crippen LogP contribution in [-0.2, 0) is 17.8 Å². The summed E-state index contributed by atoms with van der Waals surface area (Å²) in [5.74, 6) is 0. The molecule has 1 aromatic rings. The fourth-order valence-corrected chi connectivity index (χ4v) is 3.33. The van der Waals surface area contributed by atoms with Crippen LogP contribution in [-0.4, -0.2) is 71.2 Å². The third kappa shape index (κ3) is 4.76. The van der Waals surface area contributed by atoms with Gasteiger partial charge < -0.3 is 4.74 Å². The summed E-state index contributed by atoms with van der Waals surface area (Å²) < 4.78 is 7.44. The molecule has 0 aromatic carbocycles. The lowest BCUT2D eigenvalue weighted by Gasteiger charge is -2.37. The molecule has 0 spiro atoms. The molecule has 0 saturated carbocycles. The first-order valence-corrected chi connectivity index (χ1v) is 8.29. The first-order valence-electron chi connectivity index (χ1n) is 8.29. The van der Waals surface area contributed by atoms with Crippen molar-refractivity contribution in [2.75, 3.05) is 46.4 Å². The molecule has 22 heavy (non-hydrogen) atoms. The predicted molar refractivity (Wildman–Crippen MR) is 87.8 cm³/mol. The average Bonchev–Trinajstić information content (AvgIpc) is 2.79. The number of aryl methyl sites for hydroxylation is 2. The van der Waals surface area contributed by atoms with Gasteiger partial charge in [-0.3, -0.25) is 9.80 Å². The van der Waals surface area contributed by atoms with Crippen molar-refractivity contribution in [3.63, 3.8) is 0 Å². The van der Waals surface area contributed by atoms with Gasteiger partial charge in [-0.15, -0.1) is 5.10 Å². The molecule has 6 nitrogen and oxygen atoms in total. The van der Waals surface area contributed by atoms with E-state index in [9.17, 15) is 0 Å². The van der Waals surface area contributed by atoms with Crippen LogP contribution in [0.25, 0.3) is 0 Å². The Hall–Kier alpha value is -0.980. The highest BCUT2D eigenvalue weighted by Gasteiger charge is 2.25. The molecule has 6 heteroatoms. The zero-order valence-corrected chi connectivity index (χ0v) is 14.8. The van der Waals surface area contributed by atoms with Crippen molar-refractivity contribution in [2.45, 2.75) is 40.8 Å². The zero-order valence-electron chi connectivity index (χ0n) is 14.8. The van der Waals surface area contributed by atoms with Gasteiger partial charge in [0.25, 0.3) is 0 Å². The summed E-state index contributed by atoms with van der Waals surface area (Å²) in [6.45, 7) is 16.6. The number of nitrogens with zero attached hydrogens (tertiary/aromatic N) is 5. The van der Waals surface area contributed by atoms with Crippen LogP contribution in [0.3, 0.4) is 0 Å². The van der Waals surface area contributed by atoms with Crippen molar-refractivity contribution in [3.05, 3.63) is 11.4 Å². The van der Waals surface area contributed by atoms with Crippen molar-refractivity contribution >= 4 is 0 Å². The maximum absolute atomic E-state index is 5.44. The van der Waals surface area contributed by atoms with Crippen molar-refractivity contribution in [3.8, 4) is 0 Å². The van der Waals surface area contributed by atoms with E-state index < -0.39 is 0 Å². The largest absolute Gasteiger partial charge is 0.379 e. The van der Waals surface area contributed by atoms with Crippen LogP contribution in [0.5, 0.6) is 0 Å². The minimum atomic E-state index is 0.254. The van der Waals surface area contributed by atoms with E-state index in [4.69, 9.17) is 4.74 Å². The fraction of sp³-hybridized carbons (Fsp3) is 0.875. The highest BCUT2D eigenvalue weighted by atomic mass is 16.5. The Bertz CT molecular complexity index is 465. The Morgan fingerprint density at radius 1 is 1.27 bits per heavy atom. The second-order valence-corrected chi connectivity index (χ2v) is 7.16. The number of morpholine rings is 1. The Morgan fingerprint density at radius 3 is 2.59 bits per heavy atom. The number of ether oxygens (including phenoxy) is 1. The third-order valence-corrected chi connectivity index (χ3v) is 4.20. The highest BCUT2D eigenvalue weighted by molar-refractivity contribution is 5.07. The van der Waals surface area contributed by atoms with Gasteiger partial charge in [-0.25, -0.2) is 4.68 Å². The average molecular weight is 309 g/mol. The van der Waals surface area contributed by atoms with E-state index in [-0.39, 0.29) is 5.41 Å². The van der Waals surface area contributed by atoms with Crippen molar-refractivity contribution in [2.24, 2.45) is 5.41 Å². The number of aromatic nitrogens is 3.